The smallest absolute Gasteiger partial charge is 0.184 e. The van der Waals surface area contributed by atoms with E-state index in [2.05, 4.69) is 24.6 Å². The van der Waals surface area contributed by atoms with Gasteiger partial charge in [-0.05, 0) is 25.0 Å². The van der Waals surface area contributed by atoms with Gasteiger partial charge < -0.3 is 15.0 Å². The average molecular weight is 372 g/mol. The highest BCUT2D eigenvalue weighted by atomic mass is 16.5. The zero-order valence-corrected chi connectivity index (χ0v) is 17.9. The number of pyridine rings is 1. The summed E-state index contributed by atoms with van der Waals surface area (Å²) < 4.78 is 4.11. The Hall–Kier alpha value is -2.30. The van der Waals surface area contributed by atoms with E-state index in [4.69, 9.17) is 0 Å². The van der Waals surface area contributed by atoms with E-state index in [1.165, 1.54) is 0 Å². The van der Waals surface area contributed by atoms with Gasteiger partial charge in [0.1, 0.15) is 0 Å². The van der Waals surface area contributed by atoms with E-state index in [9.17, 15) is 10.4 Å². The molecule has 1 atom stereocenters. The Kier molecular flexibility index (Phi) is 5.74. The number of aromatic nitrogens is 1. The zero-order chi connectivity index (χ0) is 20.6. The van der Waals surface area contributed by atoms with E-state index in [1.54, 1.807) is 12.4 Å². The van der Waals surface area contributed by atoms with Gasteiger partial charge in [-0.2, -0.15) is 0 Å². The number of nitrogens with zero attached hydrogens (tertiary/aromatic N) is 3. The topological polar surface area (TPSA) is 57.1 Å². The van der Waals surface area contributed by atoms with Crippen LogP contribution in [0.5, 0.6) is 0 Å². The van der Waals surface area contributed by atoms with Crippen LogP contribution in [0, 0.1) is 10.4 Å². The molecule has 0 amide bonds. The maximum atomic E-state index is 12.5. The standard InChI is InChI=1S/C22H33N3O2/c1-9-16(2)23-12-18(14-25(27)22(6,7)8)19-11-10-17(20(19)15-23)13-24(26)21(3,4)5/h10-16H,9H2,1-8H3/b24-13-,25-14-. The molecule has 2 rings (SSSR count). The molecule has 2 aliphatic rings. The van der Waals surface area contributed by atoms with Gasteiger partial charge in [-0.1, -0.05) is 13.0 Å². The van der Waals surface area contributed by atoms with E-state index >= 15 is 0 Å². The molecule has 0 saturated heterocycles. The number of fused-ring (bicyclic) bond motifs is 1. The van der Waals surface area contributed by atoms with Gasteiger partial charge in [-0.3, -0.25) is 0 Å². The van der Waals surface area contributed by atoms with Crippen molar-refractivity contribution in [1.29, 1.82) is 0 Å². The summed E-state index contributed by atoms with van der Waals surface area (Å²) in [5, 5.41) is 25.0. The fourth-order valence-corrected chi connectivity index (χ4v) is 2.64. The van der Waals surface area contributed by atoms with Crippen molar-refractivity contribution < 1.29 is 9.48 Å². The molecule has 5 nitrogen and oxygen atoms in total. The summed E-state index contributed by atoms with van der Waals surface area (Å²) in [7, 11) is 0. The minimum Gasteiger partial charge on any atom is -0.623 e. The van der Waals surface area contributed by atoms with E-state index in [1.807, 2.05) is 59.9 Å². The Bertz CT molecular complexity index is 832. The van der Waals surface area contributed by atoms with Crippen molar-refractivity contribution in [2.24, 2.45) is 0 Å². The highest BCUT2D eigenvalue weighted by Gasteiger charge is 2.23. The van der Waals surface area contributed by atoms with Crippen molar-refractivity contribution in [3.8, 4) is 11.1 Å². The Morgan fingerprint density at radius 3 is 1.89 bits per heavy atom. The van der Waals surface area contributed by atoms with E-state index in [0.29, 0.717) is 6.04 Å². The van der Waals surface area contributed by atoms with Crippen molar-refractivity contribution in [3.63, 3.8) is 0 Å². The lowest BCUT2D eigenvalue weighted by atomic mass is 10.0. The van der Waals surface area contributed by atoms with Gasteiger partial charge in [-0.15, -0.1) is 0 Å². The fraction of sp³-hybridized carbons (Fsp3) is 0.545. The average Bonchev–Trinajstić information content (AvgIpc) is 2.95. The summed E-state index contributed by atoms with van der Waals surface area (Å²) >= 11 is 0. The largest absolute Gasteiger partial charge is 0.623 e. The minimum absolute atomic E-state index is 0.296. The van der Waals surface area contributed by atoms with Crippen LogP contribution >= 0.6 is 0 Å². The molecule has 0 aromatic rings. The predicted octanol–water partition coefficient (Wildman–Crippen LogP) is 5.02. The lowest BCUT2D eigenvalue weighted by Crippen LogP contribution is -2.29. The zero-order valence-electron chi connectivity index (χ0n) is 17.9. The van der Waals surface area contributed by atoms with E-state index in [0.717, 1.165) is 38.2 Å². The normalized spacial score (nSPS) is 15.4. The molecule has 0 saturated carbocycles. The lowest BCUT2D eigenvalue weighted by Gasteiger charge is -2.21. The highest BCUT2D eigenvalue weighted by Crippen LogP contribution is 2.31. The molecule has 148 valence electrons. The summed E-state index contributed by atoms with van der Waals surface area (Å²) in [5.41, 5.74) is 2.69. The number of hydrogen-bond acceptors (Lipinski definition) is 2. The molecule has 0 spiro atoms. The molecule has 27 heavy (non-hydrogen) atoms. The second kappa shape index (κ2) is 7.37. The Morgan fingerprint density at radius 1 is 0.889 bits per heavy atom. The van der Waals surface area contributed by atoms with Gasteiger partial charge in [0, 0.05) is 71.1 Å². The first-order valence-electron chi connectivity index (χ1n) is 9.61. The van der Waals surface area contributed by atoms with Crippen molar-refractivity contribution >= 4 is 12.4 Å². The molecule has 1 heterocycles. The number of hydrogen-bond donors (Lipinski definition) is 0. The third-order valence-corrected chi connectivity index (χ3v) is 4.84. The molecule has 0 N–H and O–H groups in total. The van der Waals surface area contributed by atoms with Crippen LogP contribution in [0.25, 0.3) is 11.1 Å². The number of rotatable bonds is 4. The Morgan fingerprint density at radius 2 is 1.41 bits per heavy atom. The molecule has 0 radical (unpaired) electrons. The molecule has 5 heteroatoms. The van der Waals surface area contributed by atoms with Crippen LogP contribution in [-0.4, -0.2) is 37.6 Å². The SMILES string of the molecule is CCC(C)n1cc(/C=[N+](\[O-])C(C)(C)C)c2ccc(/C=[N+](\[O-])C(C)(C)C)c-2c1. The predicted molar refractivity (Wildman–Crippen MR) is 113 cm³/mol. The quantitative estimate of drug-likeness (QED) is 0.328. The Balaban J connectivity index is 2.68. The highest BCUT2D eigenvalue weighted by molar-refractivity contribution is 5.96. The van der Waals surface area contributed by atoms with Crippen molar-refractivity contribution in [1.82, 2.24) is 4.57 Å². The van der Waals surface area contributed by atoms with Crippen molar-refractivity contribution in [2.45, 2.75) is 78.9 Å². The third-order valence-electron chi connectivity index (χ3n) is 4.84. The van der Waals surface area contributed by atoms with E-state index in [-0.39, 0.29) is 0 Å². The lowest BCUT2D eigenvalue weighted by molar-refractivity contribution is -0.530. The molecule has 1 aliphatic heterocycles. The molecular formula is C22H33N3O2. The van der Waals surface area contributed by atoms with Gasteiger partial charge in [0.2, 0.25) is 0 Å². The molecule has 0 aromatic carbocycles. The first-order valence-corrected chi connectivity index (χ1v) is 9.61. The summed E-state index contributed by atoms with van der Waals surface area (Å²) in [6, 6.07) is 4.23. The first kappa shape index (κ1) is 21.0. The fourth-order valence-electron chi connectivity index (χ4n) is 2.64. The molecule has 0 aromatic heterocycles. The molecule has 1 aliphatic carbocycles. The van der Waals surface area contributed by atoms with Crippen LogP contribution in [0.15, 0.2) is 24.5 Å². The first-order chi connectivity index (χ1) is 12.3. The summed E-state index contributed by atoms with van der Waals surface area (Å²) in [6.45, 7) is 15.6. The van der Waals surface area contributed by atoms with Crippen LogP contribution in [0.2, 0.25) is 0 Å². The van der Waals surface area contributed by atoms with Gasteiger partial charge in [0.15, 0.2) is 23.5 Å². The third kappa shape index (κ3) is 4.71. The van der Waals surface area contributed by atoms with Gasteiger partial charge in [0.25, 0.3) is 0 Å². The monoisotopic (exact) mass is 371 g/mol. The molecule has 0 fully saturated rings. The second-order valence-electron chi connectivity index (χ2n) is 9.29. The van der Waals surface area contributed by atoms with Crippen LogP contribution in [0.3, 0.4) is 0 Å². The van der Waals surface area contributed by atoms with Crippen molar-refractivity contribution in [2.75, 3.05) is 0 Å². The summed E-state index contributed by atoms with van der Waals surface area (Å²) in [6.07, 6.45) is 8.38. The van der Waals surface area contributed by atoms with Gasteiger partial charge in [-0.25, -0.2) is 9.48 Å². The van der Waals surface area contributed by atoms with Crippen LogP contribution < -0.4 is 0 Å². The maximum Gasteiger partial charge on any atom is 0.184 e. The minimum atomic E-state index is -0.511. The summed E-state index contributed by atoms with van der Waals surface area (Å²) in [4.78, 5) is 0. The van der Waals surface area contributed by atoms with Crippen molar-refractivity contribution in [3.05, 3.63) is 46.1 Å². The molecule has 0 bridgehead atoms. The van der Waals surface area contributed by atoms with Crippen LogP contribution in [0.4, 0.5) is 0 Å². The second-order valence-corrected chi connectivity index (χ2v) is 9.29. The number of hydroxylamine groups is 2. The van der Waals surface area contributed by atoms with Gasteiger partial charge >= 0.3 is 0 Å². The molecular weight excluding hydrogens is 338 g/mol. The maximum absolute atomic E-state index is 12.5. The van der Waals surface area contributed by atoms with Crippen LogP contribution in [-0.2, 0) is 0 Å². The Labute approximate surface area is 163 Å². The molecule has 1 unspecified atom stereocenters. The van der Waals surface area contributed by atoms with Gasteiger partial charge in [0.05, 0.1) is 5.56 Å². The van der Waals surface area contributed by atoms with E-state index < -0.39 is 11.1 Å². The summed E-state index contributed by atoms with van der Waals surface area (Å²) in [5.74, 6) is 0. The van der Waals surface area contributed by atoms with Crippen LogP contribution in [0.1, 0.15) is 79.0 Å².